The third kappa shape index (κ3) is 3.61. The maximum atomic E-state index is 8.51. The van der Waals surface area contributed by atoms with Gasteiger partial charge in [-0.15, -0.1) is 0 Å². The molecule has 0 aliphatic heterocycles. The highest BCUT2D eigenvalue weighted by atomic mass is 35.5. The molecule has 3 N–H and O–H groups in total. The molecule has 0 aliphatic carbocycles. The van der Waals surface area contributed by atoms with Crippen molar-refractivity contribution in [2.75, 3.05) is 13.1 Å². The van der Waals surface area contributed by atoms with Crippen molar-refractivity contribution in [3.8, 4) is 0 Å². The van der Waals surface area contributed by atoms with Crippen molar-refractivity contribution in [2.45, 2.75) is 26.8 Å². The van der Waals surface area contributed by atoms with Crippen LogP contribution in [0.1, 0.15) is 24.7 Å². The van der Waals surface area contributed by atoms with E-state index in [9.17, 15) is 0 Å². The molecule has 1 aromatic rings. The van der Waals surface area contributed by atoms with E-state index in [0.717, 1.165) is 17.9 Å². The molecule has 0 amide bonds. The second-order valence-electron chi connectivity index (χ2n) is 4.18. The Balaban J connectivity index is 2.68. The lowest BCUT2D eigenvalue weighted by atomic mass is 10.3. The lowest BCUT2D eigenvalue weighted by molar-refractivity contribution is 0.276. The SMILES string of the molecule is CCN(CCC(N)=NO)Cc1c(Cl)c(C)nn1C. The summed E-state index contributed by atoms with van der Waals surface area (Å²) in [5.41, 5.74) is 7.28. The number of rotatable bonds is 6. The average Bonchev–Trinajstić information content (AvgIpc) is 2.59. The summed E-state index contributed by atoms with van der Waals surface area (Å²) >= 11 is 6.21. The van der Waals surface area contributed by atoms with Gasteiger partial charge in [0.2, 0.25) is 0 Å². The molecular weight excluding hydrogens is 254 g/mol. The Morgan fingerprint density at radius 2 is 2.28 bits per heavy atom. The van der Waals surface area contributed by atoms with Crippen molar-refractivity contribution in [2.24, 2.45) is 17.9 Å². The number of hydrogen-bond donors (Lipinski definition) is 2. The van der Waals surface area contributed by atoms with Crippen molar-refractivity contribution in [1.29, 1.82) is 0 Å². The Morgan fingerprint density at radius 1 is 1.61 bits per heavy atom. The van der Waals surface area contributed by atoms with Crippen LogP contribution in [0.3, 0.4) is 0 Å². The Bertz CT molecular complexity index is 429. The van der Waals surface area contributed by atoms with Gasteiger partial charge in [0.15, 0.2) is 0 Å². The molecule has 0 fully saturated rings. The van der Waals surface area contributed by atoms with E-state index in [0.29, 0.717) is 24.5 Å². The molecule has 0 unspecified atom stereocenters. The van der Waals surface area contributed by atoms with Crippen molar-refractivity contribution in [3.63, 3.8) is 0 Å². The van der Waals surface area contributed by atoms with Crippen LogP contribution < -0.4 is 5.73 Å². The quantitative estimate of drug-likeness (QED) is 0.355. The van der Waals surface area contributed by atoms with Crippen molar-refractivity contribution in [1.82, 2.24) is 14.7 Å². The Hall–Kier alpha value is -1.27. The van der Waals surface area contributed by atoms with E-state index in [4.69, 9.17) is 22.5 Å². The molecule has 0 saturated carbocycles. The number of oxime groups is 1. The zero-order valence-electron chi connectivity index (χ0n) is 11.0. The van der Waals surface area contributed by atoms with Gasteiger partial charge in [-0.05, 0) is 13.5 Å². The number of halogens is 1. The van der Waals surface area contributed by atoms with E-state index in [1.807, 2.05) is 14.0 Å². The molecule has 0 bridgehead atoms. The van der Waals surface area contributed by atoms with Gasteiger partial charge in [-0.2, -0.15) is 5.10 Å². The van der Waals surface area contributed by atoms with E-state index >= 15 is 0 Å². The highest BCUT2D eigenvalue weighted by molar-refractivity contribution is 6.31. The Labute approximate surface area is 112 Å². The summed E-state index contributed by atoms with van der Waals surface area (Å²) in [6.07, 6.45) is 0.527. The van der Waals surface area contributed by atoms with Crippen LogP contribution in [0, 0.1) is 6.92 Å². The normalized spacial score (nSPS) is 12.4. The number of amidine groups is 1. The maximum Gasteiger partial charge on any atom is 0.140 e. The first kappa shape index (κ1) is 14.8. The summed E-state index contributed by atoms with van der Waals surface area (Å²) in [5.74, 6) is 0.237. The summed E-state index contributed by atoms with van der Waals surface area (Å²) in [6.45, 7) is 6.22. The highest BCUT2D eigenvalue weighted by Gasteiger charge is 2.14. The van der Waals surface area contributed by atoms with E-state index in [1.54, 1.807) is 4.68 Å². The smallest absolute Gasteiger partial charge is 0.140 e. The monoisotopic (exact) mass is 273 g/mol. The highest BCUT2D eigenvalue weighted by Crippen LogP contribution is 2.20. The van der Waals surface area contributed by atoms with Gasteiger partial charge in [0.25, 0.3) is 0 Å². The lowest BCUT2D eigenvalue weighted by Gasteiger charge is -2.20. The third-order valence-electron chi connectivity index (χ3n) is 2.89. The fraction of sp³-hybridized carbons (Fsp3) is 0.636. The average molecular weight is 274 g/mol. The minimum Gasteiger partial charge on any atom is -0.409 e. The fourth-order valence-electron chi connectivity index (χ4n) is 1.74. The molecule has 18 heavy (non-hydrogen) atoms. The minimum atomic E-state index is 0.237. The molecule has 1 aromatic heterocycles. The van der Waals surface area contributed by atoms with Gasteiger partial charge in [-0.25, -0.2) is 0 Å². The van der Waals surface area contributed by atoms with E-state index in [-0.39, 0.29) is 5.84 Å². The minimum absolute atomic E-state index is 0.237. The largest absolute Gasteiger partial charge is 0.409 e. The summed E-state index contributed by atoms with van der Waals surface area (Å²) in [4.78, 5) is 2.17. The van der Waals surface area contributed by atoms with Crippen molar-refractivity contribution >= 4 is 17.4 Å². The van der Waals surface area contributed by atoms with Gasteiger partial charge in [0.1, 0.15) is 5.84 Å². The standard InChI is InChI=1S/C11H20ClN5O/c1-4-17(6-5-10(13)15-18)7-9-11(12)8(2)14-16(9)3/h18H,4-7H2,1-3H3,(H2,13,15). The van der Waals surface area contributed by atoms with Gasteiger partial charge in [0.05, 0.1) is 16.4 Å². The molecule has 7 heteroatoms. The topological polar surface area (TPSA) is 79.7 Å². The van der Waals surface area contributed by atoms with Gasteiger partial charge in [-0.1, -0.05) is 23.7 Å². The number of aromatic nitrogens is 2. The van der Waals surface area contributed by atoms with Gasteiger partial charge in [0, 0.05) is 26.6 Å². The zero-order valence-corrected chi connectivity index (χ0v) is 11.8. The summed E-state index contributed by atoms with van der Waals surface area (Å²) < 4.78 is 1.80. The number of hydrogen-bond acceptors (Lipinski definition) is 4. The van der Waals surface area contributed by atoms with Crippen LogP contribution in [-0.2, 0) is 13.6 Å². The molecule has 1 rings (SSSR count). The molecule has 0 aromatic carbocycles. The van der Waals surface area contributed by atoms with Gasteiger partial charge < -0.3 is 10.9 Å². The molecule has 102 valence electrons. The number of nitrogens with two attached hydrogens (primary N) is 1. The van der Waals surface area contributed by atoms with Crippen LogP contribution in [-0.4, -0.2) is 38.8 Å². The molecule has 1 heterocycles. The second-order valence-corrected chi connectivity index (χ2v) is 4.56. The number of aryl methyl sites for hydroxylation is 2. The van der Waals surface area contributed by atoms with Crippen LogP contribution in [0.2, 0.25) is 5.02 Å². The molecule has 6 nitrogen and oxygen atoms in total. The predicted molar refractivity (Wildman–Crippen MR) is 71.9 cm³/mol. The summed E-state index contributed by atoms with van der Waals surface area (Å²) in [5, 5.41) is 16.5. The Morgan fingerprint density at radius 3 is 2.72 bits per heavy atom. The molecule has 0 saturated heterocycles. The van der Waals surface area contributed by atoms with E-state index < -0.39 is 0 Å². The fourth-order valence-corrected chi connectivity index (χ4v) is 1.96. The first-order valence-electron chi connectivity index (χ1n) is 5.86. The van der Waals surface area contributed by atoms with Crippen molar-refractivity contribution in [3.05, 3.63) is 16.4 Å². The second kappa shape index (κ2) is 6.61. The molecular formula is C11H20ClN5O. The third-order valence-corrected chi connectivity index (χ3v) is 3.39. The Kier molecular flexibility index (Phi) is 5.43. The van der Waals surface area contributed by atoms with Crippen LogP contribution in [0.4, 0.5) is 0 Å². The lowest BCUT2D eigenvalue weighted by Crippen LogP contribution is -2.28. The molecule has 0 atom stereocenters. The van der Waals surface area contributed by atoms with E-state index in [1.165, 1.54) is 0 Å². The summed E-state index contributed by atoms with van der Waals surface area (Å²) in [6, 6.07) is 0. The molecule has 0 aliphatic rings. The predicted octanol–water partition coefficient (Wildman–Crippen LogP) is 1.34. The molecule has 0 radical (unpaired) electrons. The zero-order chi connectivity index (χ0) is 13.7. The molecule has 0 spiro atoms. The van der Waals surface area contributed by atoms with Crippen LogP contribution in [0.5, 0.6) is 0 Å². The van der Waals surface area contributed by atoms with E-state index in [2.05, 4.69) is 22.1 Å². The summed E-state index contributed by atoms with van der Waals surface area (Å²) in [7, 11) is 1.88. The first-order valence-corrected chi connectivity index (χ1v) is 6.24. The number of nitrogens with zero attached hydrogens (tertiary/aromatic N) is 4. The van der Waals surface area contributed by atoms with Crippen molar-refractivity contribution < 1.29 is 5.21 Å². The van der Waals surface area contributed by atoms with Crippen LogP contribution in [0.15, 0.2) is 5.16 Å². The van der Waals surface area contributed by atoms with Crippen LogP contribution >= 0.6 is 11.6 Å². The first-order chi connectivity index (χ1) is 8.49. The maximum absolute atomic E-state index is 8.51. The van der Waals surface area contributed by atoms with Gasteiger partial charge >= 0.3 is 0 Å². The van der Waals surface area contributed by atoms with Gasteiger partial charge in [-0.3, -0.25) is 9.58 Å². The van der Waals surface area contributed by atoms with Crippen LogP contribution in [0.25, 0.3) is 0 Å².